The Morgan fingerprint density at radius 2 is 1.87 bits per heavy atom. The van der Waals surface area contributed by atoms with Gasteiger partial charge in [-0.2, -0.15) is 0 Å². The Morgan fingerprint density at radius 1 is 1.10 bits per heavy atom. The van der Waals surface area contributed by atoms with Crippen molar-refractivity contribution >= 4 is 57.1 Å². The summed E-state index contributed by atoms with van der Waals surface area (Å²) in [5, 5.41) is 6.88. The standard InChI is InChI=1S/C22H18N2O5S2/c1-2-29-22(28)19-15(16-7-4-10-30-16)12-31-21(19)23-20(27)13-5-3-6-14(11-13)24-17(25)8-9-18(24)26/h3-7,10-12H,2,8-9H2,1H3,(H,23,27). The normalized spacial score (nSPS) is 13.5. The third kappa shape index (κ3) is 4.14. The summed E-state index contributed by atoms with van der Waals surface area (Å²) in [7, 11) is 0. The van der Waals surface area contributed by atoms with Gasteiger partial charge in [0.05, 0.1) is 12.3 Å². The third-order valence-electron chi connectivity index (χ3n) is 4.70. The van der Waals surface area contributed by atoms with Crippen molar-refractivity contribution < 1.29 is 23.9 Å². The lowest BCUT2D eigenvalue weighted by Crippen LogP contribution is -2.28. The topological polar surface area (TPSA) is 92.8 Å². The number of ether oxygens (including phenoxy) is 1. The minimum Gasteiger partial charge on any atom is -0.462 e. The minimum absolute atomic E-state index is 0.166. The molecule has 1 aromatic carbocycles. The minimum atomic E-state index is -0.510. The molecule has 9 heteroatoms. The number of esters is 1. The average Bonchev–Trinajstić information content (AvgIpc) is 3.49. The average molecular weight is 455 g/mol. The van der Waals surface area contributed by atoms with Crippen molar-refractivity contribution in [1.29, 1.82) is 0 Å². The van der Waals surface area contributed by atoms with Crippen molar-refractivity contribution in [1.82, 2.24) is 0 Å². The molecule has 1 aliphatic heterocycles. The monoisotopic (exact) mass is 454 g/mol. The van der Waals surface area contributed by atoms with E-state index in [-0.39, 0.29) is 36.8 Å². The summed E-state index contributed by atoms with van der Waals surface area (Å²) in [6.45, 7) is 1.94. The molecule has 158 valence electrons. The van der Waals surface area contributed by atoms with Crippen LogP contribution in [0.25, 0.3) is 10.4 Å². The molecule has 1 fully saturated rings. The molecular weight excluding hydrogens is 436 g/mol. The van der Waals surface area contributed by atoms with E-state index >= 15 is 0 Å². The molecule has 3 aromatic rings. The van der Waals surface area contributed by atoms with Gasteiger partial charge in [-0.05, 0) is 36.6 Å². The lowest BCUT2D eigenvalue weighted by atomic mass is 10.1. The number of imide groups is 1. The van der Waals surface area contributed by atoms with E-state index in [1.165, 1.54) is 28.7 Å². The number of hydrogen-bond donors (Lipinski definition) is 1. The second-order valence-electron chi connectivity index (χ2n) is 6.68. The number of hydrogen-bond acceptors (Lipinski definition) is 7. The third-order valence-corrected chi connectivity index (χ3v) is 6.50. The van der Waals surface area contributed by atoms with Gasteiger partial charge in [-0.15, -0.1) is 22.7 Å². The summed E-state index contributed by atoms with van der Waals surface area (Å²) < 4.78 is 5.20. The van der Waals surface area contributed by atoms with E-state index in [9.17, 15) is 19.2 Å². The van der Waals surface area contributed by atoms with Crippen molar-refractivity contribution in [3.8, 4) is 10.4 Å². The van der Waals surface area contributed by atoms with Gasteiger partial charge >= 0.3 is 5.97 Å². The largest absolute Gasteiger partial charge is 0.462 e. The van der Waals surface area contributed by atoms with Crippen LogP contribution < -0.4 is 10.2 Å². The number of nitrogens with zero attached hydrogens (tertiary/aromatic N) is 1. The zero-order valence-corrected chi connectivity index (χ0v) is 18.2. The number of carbonyl (C=O) groups excluding carboxylic acids is 4. The van der Waals surface area contributed by atoms with Crippen molar-refractivity contribution in [3.05, 3.63) is 58.3 Å². The van der Waals surface area contributed by atoms with Gasteiger partial charge < -0.3 is 10.1 Å². The van der Waals surface area contributed by atoms with Gasteiger partial charge in [0.2, 0.25) is 11.8 Å². The highest BCUT2D eigenvalue weighted by Crippen LogP contribution is 2.38. The van der Waals surface area contributed by atoms with Crippen molar-refractivity contribution in [3.63, 3.8) is 0 Å². The molecule has 0 saturated carbocycles. The summed E-state index contributed by atoms with van der Waals surface area (Å²) in [6.07, 6.45) is 0.331. The molecule has 31 heavy (non-hydrogen) atoms. The molecule has 0 atom stereocenters. The Bertz CT molecular complexity index is 1150. The molecule has 0 bridgehead atoms. The van der Waals surface area contributed by atoms with Gasteiger partial charge in [0, 0.05) is 34.2 Å². The first kappa shape index (κ1) is 21.0. The summed E-state index contributed by atoms with van der Waals surface area (Å²) in [5.41, 5.74) is 1.64. The lowest BCUT2D eigenvalue weighted by Gasteiger charge is -2.15. The molecule has 0 aliphatic carbocycles. The number of nitrogens with one attached hydrogen (secondary N) is 1. The van der Waals surface area contributed by atoms with Gasteiger partial charge in [-0.25, -0.2) is 4.79 Å². The van der Waals surface area contributed by atoms with Crippen molar-refractivity contribution in [2.75, 3.05) is 16.8 Å². The molecule has 1 aliphatic rings. The molecule has 1 N–H and O–H groups in total. The molecule has 0 spiro atoms. The maximum Gasteiger partial charge on any atom is 0.341 e. The predicted molar refractivity (Wildman–Crippen MR) is 120 cm³/mol. The summed E-state index contributed by atoms with van der Waals surface area (Å²) in [6, 6.07) is 10.1. The zero-order chi connectivity index (χ0) is 22.0. The second-order valence-corrected chi connectivity index (χ2v) is 8.51. The van der Waals surface area contributed by atoms with E-state index < -0.39 is 11.9 Å². The van der Waals surface area contributed by atoms with Crippen LogP contribution >= 0.6 is 22.7 Å². The number of amides is 3. The quantitative estimate of drug-likeness (QED) is 0.435. The van der Waals surface area contributed by atoms with Crippen LogP contribution in [0.2, 0.25) is 0 Å². The Labute approximate surface area is 186 Å². The molecule has 2 aromatic heterocycles. The van der Waals surface area contributed by atoms with Crippen LogP contribution in [-0.2, 0) is 14.3 Å². The van der Waals surface area contributed by atoms with Crippen LogP contribution in [0, 0.1) is 0 Å². The van der Waals surface area contributed by atoms with Crippen LogP contribution in [0.3, 0.4) is 0 Å². The number of rotatable bonds is 6. The smallest absolute Gasteiger partial charge is 0.341 e. The van der Waals surface area contributed by atoms with E-state index in [0.717, 1.165) is 9.78 Å². The fourth-order valence-electron chi connectivity index (χ4n) is 3.30. The van der Waals surface area contributed by atoms with Gasteiger partial charge in [0.15, 0.2) is 0 Å². The Balaban J connectivity index is 1.63. The SMILES string of the molecule is CCOC(=O)c1c(-c2cccs2)csc1NC(=O)c1cccc(N2C(=O)CCC2=O)c1. The van der Waals surface area contributed by atoms with Crippen LogP contribution in [-0.4, -0.2) is 30.3 Å². The van der Waals surface area contributed by atoms with Crippen LogP contribution in [0.1, 0.15) is 40.5 Å². The molecule has 0 radical (unpaired) electrons. The highest BCUT2D eigenvalue weighted by atomic mass is 32.1. The fraction of sp³-hybridized carbons (Fsp3) is 0.182. The zero-order valence-electron chi connectivity index (χ0n) is 16.5. The first-order valence-corrected chi connectivity index (χ1v) is 11.3. The molecule has 1 saturated heterocycles. The molecule has 3 amide bonds. The van der Waals surface area contributed by atoms with E-state index in [4.69, 9.17) is 4.74 Å². The highest BCUT2D eigenvalue weighted by molar-refractivity contribution is 7.17. The summed E-state index contributed by atoms with van der Waals surface area (Å²) in [4.78, 5) is 51.6. The first-order valence-electron chi connectivity index (χ1n) is 9.59. The van der Waals surface area contributed by atoms with E-state index in [1.807, 2.05) is 22.9 Å². The summed E-state index contributed by atoms with van der Waals surface area (Å²) in [5.74, 6) is -1.53. The van der Waals surface area contributed by atoms with Crippen LogP contribution in [0.5, 0.6) is 0 Å². The highest BCUT2D eigenvalue weighted by Gasteiger charge is 2.30. The molecule has 0 unspecified atom stereocenters. The molecule has 7 nitrogen and oxygen atoms in total. The van der Waals surface area contributed by atoms with E-state index in [2.05, 4.69) is 5.32 Å². The Hall–Kier alpha value is -3.30. The van der Waals surface area contributed by atoms with E-state index in [0.29, 0.717) is 21.8 Å². The molecule has 3 heterocycles. The Kier molecular flexibility index (Phi) is 5.97. The number of carbonyl (C=O) groups is 4. The second kappa shape index (κ2) is 8.83. The maximum atomic E-state index is 12.9. The molecular formula is C22H18N2O5S2. The predicted octanol–water partition coefficient (Wildman–Crippen LogP) is 4.56. The fourth-order valence-corrected chi connectivity index (χ4v) is 5.06. The number of thiophene rings is 2. The first-order chi connectivity index (χ1) is 15.0. The Morgan fingerprint density at radius 3 is 2.55 bits per heavy atom. The van der Waals surface area contributed by atoms with E-state index in [1.54, 1.807) is 25.1 Å². The summed E-state index contributed by atoms with van der Waals surface area (Å²) >= 11 is 2.72. The number of benzene rings is 1. The number of anilines is 2. The van der Waals surface area contributed by atoms with Crippen LogP contribution in [0.4, 0.5) is 10.7 Å². The van der Waals surface area contributed by atoms with Gasteiger partial charge in [0.1, 0.15) is 10.6 Å². The maximum absolute atomic E-state index is 12.9. The molecule has 4 rings (SSSR count). The van der Waals surface area contributed by atoms with Gasteiger partial charge in [0.25, 0.3) is 5.91 Å². The van der Waals surface area contributed by atoms with Gasteiger partial charge in [-0.1, -0.05) is 12.1 Å². The van der Waals surface area contributed by atoms with Crippen LogP contribution in [0.15, 0.2) is 47.2 Å². The van der Waals surface area contributed by atoms with Crippen molar-refractivity contribution in [2.45, 2.75) is 19.8 Å². The van der Waals surface area contributed by atoms with Gasteiger partial charge in [-0.3, -0.25) is 19.3 Å². The van der Waals surface area contributed by atoms with Crippen molar-refractivity contribution in [2.24, 2.45) is 0 Å². The lowest BCUT2D eigenvalue weighted by molar-refractivity contribution is -0.121.